The van der Waals surface area contributed by atoms with E-state index in [1.54, 1.807) is 0 Å². The summed E-state index contributed by atoms with van der Waals surface area (Å²) in [5.74, 6) is 0.906. The van der Waals surface area contributed by atoms with E-state index in [1.165, 1.54) is 17.5 Å². The maximum Gasteiger partial charge on any atom is 0.119 e. The van der Waals surface area contributed by atoms with E-state index in [4.69, 9.17) is 15.7 Å². The van der Waals surface area contributed by atoms with Crippen molar-refractivity contribution in [3.05, 3.63) is 29.3 Å². The van der Waals surface area contributed by atoms with Crippen molar-refractivity contribution in [2.24, 2.45) is 5.73 Å². The van der Waals surface area contributed by atoms with E-state index in [9.17, 15) is 0 Å². The predicted octanol–water partition coefficient (Wildman–Crippen LogP) is 3.10. The molecule has 1 unspecified atom stereocenters. The first-order chi connectivity index (χ1) is 8.81. The van der Waals surface area contributed by atoms with Crippen molar-refractivity contribution in [3.8, 4) is 11.8 Å². The number of hydrogen-bond donors (Lipinski definition) is 1. The van der Waals surface area contributed by atoms with E-state index in [1.807, 2.05) is 6.07 Å². The number of hydrogen-bond acceptors (Lipinski definition) is 3. The highest BCUT2D eigenvalue weighted by atomic mass is 16.5. The molecule has 0 amide bonds. The topological polar surface area (TPSA) is 59.0 Å². The van der Waals surface area contributed by atoms with Crippen LogP contribution in [0.2, 0.25) is 0 Å². The van der Waals surface area contributed by atoms with Crippen LogP contribution in [-0.4, -0.2) is 6.61 Å². The van der Waals surface area contributed by atoms with Gasteiger partial charge in [-0.15, -0.1) is 0 Å². The minimum absolute atomic E-state index is 0.163. The highest BCUT2D eigenvalue weighted by molar-refractivity contribution is 5.39. The summed E-state index contributed by atoms with van der Waals surface area (Å²) < 4.78 is 5.70. The number of aryl methyl sites for hydroxylation is 1. The van der Waals surface area contributed by atoms with Crippen LogP contribution in [0.4, 0.5) is 0 Å². The minimum atomic E-state index is 0.163. The third kappa shape index (κ3) is 3.24. The van der Waals surface area contributed by atoms with Gasteiger partial charge in [-0.1, -0.05) is 6.07 Å². The number of benzene rings is 1. The van der Waals surface area contributed by atoms with Gasteiger partial charge in [-0.2, -0.15) is 5.26 Å². The average Bonchev–Trinajstić information content (AvgIpc) is 2.39. The van der Waals surface area contributed by atoms with Gasteiger partial charge in [0.25, 0.3) is 0 Å². The Bertz CT molecular complexity index is 437. The highest BCUT2D eigenvalue weighted by Gasteiger charge is 2.17. The van der Waals surface area contributed by atoms with Gasteiger partial charge in [0.05, 0.1) is 12.7 Å². The lowest BCUT2D eigenvalue weighted by atomic mass is 9.88. The van der Waals surface area contributed by atoms with Crippen LogP contribution in [0.1, 0.15) is 49.3 Å². The third-order valence-electron chi connectivity index (χ3n) is 3.43. The number of ether oxygens (including phenoxy) is 1. The normalized spacial score (nSPS) is 17.9. The van der Waals surface area contributed by atoms with Crippen LogP contribution >= 0.6 is 0 Å². The molecule has 0 saturated carbocycles. The van der Waals surface area contributed by atoms with Crippen LogP contribution in [0.15, 0.2) is 18.2 Å². The Morgan fingerprint density at radius 3 is 3.11 bits per heavy atom. The van der Waals surface area contributed by atoms with Gasteiger partial charge in [0.15, 0.2) is 0 Å². The highest BCUT2D eigenvalue weighted by Crippen LogP contribution is 2.30. The first-order valence-corrected chi connectivity index (χ1v) is 6.69. The summed E-state index contributed by atoms with van der Waals surface area (Å²) in [5, 5.41) is 8.44. The van der Waals surface area contributed by atoms with E-state index >= 15 is 0 Å². The molecule has 0 saturated heterocycles. The van der Waals surface area contributed by atoms with Crippen molar-refractivity contribution in [2.75, 3.05) is 6.61 Å². The van der Waals surface area contributed by atoms with Crippen LogP contribution in [0.25, 0.3) is 0 Å². The molecular formula is C15H20N2O. The summed E-state index contributed by atoms with van der Waals surface area (Å²) >= 11 is 0. The van der Waals surface area contributed by atoms with E-state index in [0.29, 0.717) is 13.0 Å². The van der Waals surface area contributed by atoms with Crippen molar-refractivity contribution >= 4 is 0 Å². The zero-order valence-electron chi connectivity index (χ0n) is 10.7. The van der Waals surface area contributed by atoms with Gasteiger partial charge in [0, 0.05) is 12.5 Å². The quantitative estimate of drug-likeness (QED) is 0.810. The molecule has 1 aromatic rings. The van der Waals surface area contributed by atoms with Crippen LogP contribution < -0.4 is 10.5 Å². The summed E-state index contributed by atoms with van der Waals surface area (Å²) in [4.78, 5) is 0. The lowest BCUT2D eigenvalue weighted by Gasteiger charge is -2.22. The Balaban J connectivity index is 1.90. The van der Waals surface area contributed by atoms with Crippen molar-refractivity contribution in [1.82, 2.24) is 0 Å². The van der Waals surface area contributed by atoms with E-state index in [0.717, 1.165) is 31.4 Å². The number of rotatable bonds is 5. The van der Waals surface area contributed by atoms with E-state index in [-0.39, 0.29) is 6.04 Å². The fourth-order valence-corrected chi connectivity index (χ4v) is 2.40. The first kappa shape index (κ1) is 12.9. The molecule has 1 atom stereocenters. The maximum absolute atomic E-state index is 8.44. The molecule has 0 aliphatic heterocycles. The molecule has 0 fully saturated rings. The molecule has 96 valence electrons. The lowest BCUT2D eigenvalue weighted by molar-refractivity contribution is 0.306. The number of nitrogens with zero attached hydrogens (tertiary/aromatic N) is 1. The summed E-state index contributed by atoms with van der Waals surface area (Å²) in [6.07, 6.45) is 5.82. The number of nitriles is 1. The fourth-order valence-electron chi connectivity index (χ4n) is 2.40. The Morgan fingerprint density at radius 2 is 2.28 bits per heavy atom. The standard InChI is InChI=1S/C15H20N2O/c16-9-2-1-3-10-18-13-8-7-12-5-4-6-15(17)14(12)11-13/h7-8,11,15H,1-6,10,17H2. The smallest absolute Gasteiger partial charge is 0.119 e. The van der Waals surface area contributed by atoms with Gasteiger partial charge in [-0.05, 0) is 55.4 Å². The zero-order valence-corrected chi connectivity index (χ0v) is 10.7. The summed E-state index contributed by atoms with van der Waals surface area (Å²) in [5.41, 5.74) is 8.73. The molecule has 0 spiro atoms. The Kier molecular flexibility index (Phi) is 4.60. The van der Waals surface area contributed by atoms with Crippen LogP contribution in [0, 0.1) is 11.3 Å². The Hall–Kier alpha value is -1.53. The SMILES string of the molecule is N#CCCCCOc1ccc2c(c1)C(N)CCC2. The maximum atomic E-state index is 8.44. The fraction of sp³-hybridized carbons (Fsp3) is 0.533. The van der Waals surface area contributed by atoms with E-state index < -0.39 is 0 Å². The number of fused-ring (bicyclic) bond motifs is 1. The predicted molar refractivity (Wildman–Crippen MR) is 71.3 cm³/mol. The molecule has 0 aromatic heterocycles. The monoisotopic (exact) mass is 244 g/mol. The molecule has 0 radical (unpaired) electrons. The van der Waals surface area contributed by atoms with Crippen LogP contribution in [0.3, 0.4) is 0 Å². The first-order valence-electron chi connectivity index (χ1n) is 6.69. The van der Waals surface area contributed by atoms with Gasteiger partial charge in [-0.3, -0.25) is 0 Å². The van der Waals surface area contributed by atoms with Gasteiger partial charge in [-0.25, -0.2) is 0 Å². The second-order valence-electron chi connectivity index (χ2n) is 4.82. The second-order valence-corrected chi connectivity index (χ2v) is 4.82. The summed E-state index contributed by atoms with van der Waals surface area (Å²) in [7, 11) is 0. The summed E-state index contributed by atoms with van der Waals surface area (Å²) in [6, 6.07) is 8.56. The largest absolute Gasteiger partial charge is 0.494 e. The van der Waals surface area contributed by atoms with Gasteiger partial charge in [0.2, 0.25) is 0 Å². The van der Waals surface area contributed by atoms with Gasteiger partial charge < -0.3 is 10.5 Å². The van der Waals surface area contributed by atoms with Crippen molar-refractivity contribution in [2.45, 2.75) is 44.6 Å². The molecule has 1 aliphatic carbocycles. The molecule has 2 rings (SSSR count). The van der Waals surface area contributed by atoms with Crippen molar-refractivity contribution < 1.29 is 4.74 Å². The molecular weight excluding hydrogens is 224 g/mol. The van der Waals surface area contributed by atoms with Crippen molar-refractivity contribution in [1.29, 1.82) is 5.26 Å². The molecule has 1 aromatic carbocycles. The Labute approximate surface area is 109 Å². The Morgan fingerprint density at radius 1 is 1.39 bits per heavy atom. The molecule has 18 heavy (non-hydrogen) atoms. The van der Waals surface area contributed by atoms with Crippen LogP contribution in [0.5, 0.6) is 5.75 Å². The average molecular weight is 244 g/mol. The summed E-state index contributed by atoms with van der Waals surface area (Å²) in [6.45, 7) is 0.676. The van der Waals surface area contributed by atoms with Crippen molar-refractivity contribution in [3.63, 3.8) is 0 Å². The van der Waals surface area contributed by atoms with Gasteiger partial charge in [0.1, 0.15) is 5.75 Å². The number of nitrogens with two attached hydrogens (primary N) is 1. The van der Waals surface area contributed by atoms with Crippen LogP contribution in [-0.2, 0) is 6.42 Å². The molecule has 3 heteroatoms. The lowest BCUT2D eigenvalue weighted by Crippen LogP contribution is -2.17. The second kappa shape index (κ2) is 6.42. The third-order valence-corrected chi connectivity index (χ3v) is 3.43. The minimum Gasteiger partial charge on any atom is -0.494 e. The molecule has 0 bridgehead atoms. The molecule has 1 aliphatic rings. The molecule has 0 heterocycles. The molecule has 3 nitrogen and oxygen atoms in total. The zero-order chi connectivity index (χ0) is 12.8. The number of unbranched alkanes of at least 4 members (excludes halogenated alkanes) is 2. The molecule has 2 N–H and O–H groups in total. The van der Waals surface area contributed by atoms with E-state index in [2.05, 4.69) is 18.2 Å². The van der Waals surface area contributed by atoms with Gasteiger partial charge >= 0.3 is 0 Å².